The molecular weight excluding hydrogens is 516 g/mol. The molecule has 3 aromatic heterocycles. The molecule has 4 rings (SSSR count). The average Bonchev–Trinajstić information content (AvgIpc) is 3.32. The zero-order valence-corrected chi connectivity index (χ0v) is 21.3. The minimum atomic E-state index is -3.09. The van der Waals surface area contributed by atoms with Crippen molar-refractivity contribution in [2.45, 2.75) is 53.0 Å². The molecular formula is C23H22ClF2N5O4S. The minimum absolute atomic E-state index is 0.0401. The van der Waals surface area contributed by atoms with Crippen LogP contribution in [0.15, 0.2) is 24.5 Å². The lowest BCUT2D eigenvalue weighted by Crippen LogP contribution is -2.33. The number of nitrogens with one attached hydrogen (secondary N) is 1. The lowest BCUT2D eigenvalue weighted by atomic mass is 10.0. The Hall–Kier alpha value is -3.38. The zero-order chi connectivity index (χ0) is 26.2. The number of amides is 2. The number of carbonyl (C=O) groups excluding carboxylic acids is 2. The number of alkyl halides is 2. The molecule has 1 aliphatic heterocycles. The molecule has 13 heteroatoms. The van der Waals surface area contributed by atoms with Crippen LogP contribution in [0.25, 0.3) is 11.1 Å². The van der Waals surface area contributed by atoms with Crippen molar-refractivity contribution in [2.75, 3.05) is 5.32 Å². The molecule has 190 valence electrons. The molecule has 1 aliphatic rings. The first-order valence-corrected chi connectivity index (χ1v) is 11.9. The Morgan fingerprint density at radius 3 is 2.58 bits per heavy atom. The van der Waals surface area contributed by atoms with Crippen LogP contribution in [-0.4, -0.2) is 44.1 Å². The first-order chi connectivity index (χ1) is 16.9. The first-order valence-electron chi connectivity index (χ1n) is 10.7. The van der Waals surface area contributed by atoms with Gasteiger partial charge in [0.2, 0.25) is 0 Å². The highest BCUT2D eigenvalue weighted by molar-refractivity contribution is 7.16. The van der Waals surface area contributed by atoms with Crippen molar-refractivity contribution in [1.29, 1.82) is 0 Å². The number of hydrogen-bond acceptors (Lipinski definition) is 8. The van der Waals surface area contributed by atoms with Crippen molar-refractivity contribution in [1.82, 2.24) is 19.9 Å². The Morgan fingerprint density at radius 1 is 1.17 bits per heavy atom. The first kappa shape index (κ1) is 25.7. The monoisotopic (exact) mass is 537 g/mol. The fourth-order valence-electron chi connectivity index (χ4n) is 3.50. The SMILES string of the molecule is Cc1cc(-c2cc(Cl)ncc2OC(F)F)c(C(=O)Nc2nc3c(s2)CN(C(=O)OC(C)(C)C)C3)cn1. The van der Waals surface area contributed by atoms with Crippen LogP contribution in [-0.2, 0) is 17.8 Å². The van der Waals surface area contributed by atoms with Crippen molar-refractivity contribution in [3.05, 3.63) is 51.5 Å². The van der Waals surface area contributed by atoms with Gasteiger partial charge in [-0.3, -0.25) is 20.0 Å². The molecule has 0 radical (unpaired) electrons. The smallest absolute Gasteiger partial charge is 0.410 e. The van der Waals surface area contributed by atoms with E-state index < -0.39 is 24.2 Å². The second kappa shape index (κ2) is 9.94. The van der Waals surface area contributed by atoms with E-state index in [9.17, 15) is 18.4 Å². The molecule has 1 N–H and O–H groups in total. The maximum Gasteiger partial charge on any atom is 0.410 e. The van der Waals surface area contributed by atoms with Gasteiger partial charge in [0.1, 0.15) is 10.8 Å². The highest BCUT2D eigenvalue weighted by atomic mass is 35.5. The number of carbonyl (C=O) groups is 2. The molecule has 0 unspecified atom stereocenters. The van der Waals surface area contributed by atoms with Gasteiger partial charge >= 0.3 is 12.7 Å². The molecule has 0 spiro atoms. The number of thiazole rings is 1. The van der Waals surface area contributed by atoms with E-state index in [-0.39, 0.29) is 28.6 Å². The van der Waals surface area contributed by atoms with Crippen LogP contribution in [0.4, 0.5) is 18.7 Å². The maximum atomic E-state index is 13.2. The predicted molar refractivity (Wildman–Crippen MR) is 129 cm³/mol. The number of hydrogen-bond donors (Lipinski definition) is 1. The van der Waals surface area contributed by atoms with Gasteiger partial charge in [-0.2, -0.15) is 8.78 Å². The summed E-state index contributed by atoms with van der Waals surface area (Å²) in [4.78, 5) is 40.3. The molecule has 4 heterocycles. The van der Waals surface area contributed by atoms with Gasteiger partial charge < -0.3 is 9.47 Å². The highest BCUT2D eigenvalue weighted by Crippen LogP contribution is 2.36. The fraction of sp³-hybridized carbons (Fsp3) is 0.348. The predicted octanol–water partition coefficient (Wildman–Crippen LogP) is 5.67. The van der Waals surface area contributed by atoms with Gasteiger partial charge in [-0.15, -0.1) is 0 Å². The normalized spacial score (nSPS) is 13.1. The van der Waals surface area contributed by atoms with Crippen LogP contribution in [0.1, 0.15) is 47.4 Å². The topological polar surface area (TPSA) is 107 Å². The standard InChI is InChI=1S/C23H22ClF2N5O4S/c1-11-5-12(13-6-18(24)28-8-16(13)34-20(25)26)14(7-27-11)19(32)30-21-29-15-9-31(10-17(15)36-21)22(33)35-23(2,3)4/h5-8,20H,9-10H2,1-4H3,(H,29,30,32). The summed E-state index contributed by atoms with van der Waals surface area (Å²) in [5, 5.41) is 3.10. The summed E-state index contributed by atoms with van der Waals surface area (Å²) in [6.07, 6.45) is 1.97. The number of halogens is 3. The largest absolute Gasteiger partial charge is 0.444 e. The molecule has 9 nitrogen and oxygen atoms in total. The van der Waals surface area contributed by atoms with Crippen molar-refractivity contribution in [3.63, 3.8) is 0 Å². The van der Waals surface area contributed by atoms with Gasteiger partial charge in [0.25, 0.3) is 5.91 Å². The summed E-state index contributed by atoms with van der Waals surface area (Å²) in [5.74, 6) is -0.783. The summed E-state index contributed by atoms with van der Waals surface area (Å²) in [7, 11) is 0. The number of anilines is 1. The molecule has 0 aromatic carbocycles. The van der Waals surface area contributed by atoms with E-state index >= 15 is 0 Å². The van der Waals surface area contributed by atoms with Crippen LogP contribution in [0, 0.1) is 6.92 Å². The van der Waals surface area contributed by atoms with E-state index in [0.717, 1.165) is 11.1 Å². The average molecular weight is 538 g/mol. The Bertz CT molecular complexity index is 1300. The molecule has 0 saturated heterocycles. The molecule has 0 atom stereocenters. The Labute approximate surface area is 214 Å². The lowest BCUT2D eigenvalue weighted by molar-refractivity contribution is -0.0496. The highest BCUT2D eigenvalue weighted by Gasteiger charge is 2.31. The van der Waals surface area contributed by atoms with E-state index in [1.54, 1.807) is 33.8 Å². The lowest BCUT2D eigenvalue weighted by Gasteiger charge is -2.24. The minimum Gasteiger partial charge on any atom is -0.444 e. The van der Waals surface area contributed by atoms with E-state index in [1.165, 1.54) is 28.5 Å². The van der Waals surface area contributed by atoms with Crippen molar-refractivity contribution in [3.8, 4) is 16.9 Å². The number of aromatic nitrogens is 3. The number of pyridine rings is 2. The molecule has 0 saturated carbocycles. The second-order valence-electron chi connectivity index (χ2n) is 8.93. The van der Waals surface area contributed by atoms with Crippen LogP contribution in [0.3, 0.4) is 0 Å². The van der Waals surface area contributed by atoms with Crippen LogP contribution in [0.2, 0.25) is 5.15 Å². The van der Waals surface area contributed by atoms with E-state index in [2.05, 4.69) is 25.0 Å². The van der Waals surface area contributed by atoms with E-state index in [0.29, 0.717) is 28.6 Å². The van der Waals surface area contributed by atoms with Crippen molar-refractivity contribution >= 4 is 40.1 Å². The van der Waals surface area contributed by atoms with Gasteiger partial charge in [0.05, 0.1) is 35.4 Å². The molecule has 0 fully saturated rings. The number of ether oxygens (including phenoxy) is 2. The van der Waals surface area contributed by atoms with Gasteiger partial charge in [0, 0.05) is 23.0 Å². The van der Waals surface area contributed by atoms with E-state index in [4.69, 9.17) is 16.3 Å². The molecule has 2 amide bonds. The van der Waals surface area contributed by atoms with Crippen LogP contribution < -0.4 is 10.1 Å². The van der Waals surface area contributed by atoms with Crippen LogP contribution in [0.5, 0.6) is 5.75 Å². The van der Waals surface area contributed by atoms with Gasteiger partial charge in [0.15, 0.2) is 10.9 Å². The van der Waals surface area contributed by atoms with E-state index in [1.807, 2.05) is 0 Å². The number of aryl methyl sites for hydroxylation is 1. The third-order valence-corrected chi connectivity index (χ3v) is 6.16. The zero-order valence-electron chi connectivity index (χ0n) is 19.8. The van der Waals surface area contributed by atoms with Crippen LogP contribution >= 0.6 is 22.9 Å². The fourth-order valence-corrected chi connectivity index (χ4v) is 4.63. The summed E-state index contributed by atoms with van der Waals surface area (Å²) in [5.41, 5.74) is 1.16. The molecule has 0 aliphatic carbocycles. The number of fused-ring (bicyclic) bond motifs is 1. The van der Waals surface area contributed by atoms with Crippen molar-refractivity contribution < 1.29 is 27.8 Å². The Kier molecular flexibility index (Phi) is 7.10. The van der Waals surface area contributed by atoms with Gasteiger partial charge in [-0.25, -0.2) is 14.8 Å². The van der Waals surface area contributed by atoms with Crippen molar-refractivity contribution in [2.24, 2.45) is 0 Å². The Balaban J connectivity index is 1.56. The second-order valence-corrected chi connectivity index (χ2v) is 10.4. The molecule has 36 heavy (non-hydrogen) atoms. The number of nitrogens with zero attached hydrogens (tertiary/aromatic N) is 4. The molecule has 3 aromatic rings. The maximum absolute atomic E-state index is 13.2. The Morgan fingerprint density at radius 2 is 1.92 bits per heavy atom. The summed E-state index contributed by atoms with van der Waals surface area (Å²) in [6, 6.07) is 2.91. The summed E-state index contributed by atoms with van der Waals surface area (Å²) in [6.45, 7) is 4.56. The summed E-state index contributed by atoms with van der Waals surface area (Å²) >= 11 is 7.24. The third kappa shape index (κ3) is 5.88. The third-order valence-electron chi connectivity index (χ3n) is 4.95. The molecule has 0 bridgehead atoms. The summed E-state index contributed by atoms with van der Waals surface area (Å²) < 4.78 is 35.9. The van der Waals surface area contributed by atoms with Gasteiger partial charge in [-0.05, 0) is 39.8 Å². The van der Waals surface area contributed by atoms with Gasteiger partial charge in [-0.1, -0.05) is 22.9 Å². The number of rotatable bonds is 5. The quantitative estimate of drug-likeness (QED) is 0.418.